The molecule has 0 aromatic heterocycles. The molecule has 15 heavy (non-hydrogen) atoms. The highest BCUT2D eigenvalue weighted by Gasteiger charge is 2.63. The van der Waals surface area contributed by atoms with E-state index in [-0.39, 0.29) is 24.3 Å². The van der Waals surface area contributed by atoms with Crippen LogP contribution in [0.5, 0.6) is 0 Å². The van der Waals surface area contributed by atoms with Crippen LogP contribution in [0.2, 0.25) is 0 Å². The van der Waals surface area contributed by atoms with Crippen LogP contribution >= 0.6 is 0 Å². The predicted molar refractivity (Wildman–Crippen MR) is 55.0 cm³/mol. The highest BCUT2D eigenvalue weighted by atomic mass is 16.7. The Hall–Kier alpha value is -0.0951. The summed E-state index contributed by atoms with van der Waals surface area (Å²) < 4.78 is 22.1. The molecular weight excluding hydrogens is 195 g/mol. The van der Waals surface area contributed by atoms with Gasteiger partial charge >= 0.3 is 0 Å². The molecule has 5 atom stereocenters. The third-order valence-corrected chi connectivity index (χ3v) is 3.46. The molecule has 0 N–H and O–H groups in total. The van der Waals surface area contributed by atoms with Gasteiger partial charge in [-0.2, -0.15) is 0 Å². The Labute approximate surface area is 91.6 Å². The number of fused-ring (bicyclic) bond motifs is 2. The summed E-state index contributed by atoms with van der Waals surface area (Å²) in [6, 6.07) is -0.386. The molecule has 2 heterocycles. The van der Waals surface area contributed by atoms with Crippen LogP contribution in [0, 0.1) is 0 Å². The molecule has 0 spiro atoms. The largest absolute Gasteiger partial charge is 0.385 e. The van der Waals surface area contributed by atoms with Crippen molar-refractivity contribution in [1.29, 1.82) is 0 Å². The van der Waals surface area contributed by atoms with Gasteiger partial charge in [0.05, 0.1) is 6.10 Å². The Morgan fingerprint density at radius 3 is 2.73 bits per heavy atom. The number of methoxy groups -OCH3 is 2. The minimum atomic E-state index is -0.436. The number of hydrogen-bond donors (Lipinski definition) is 0. The normalized spacial score (nSPS) is 48.7. The van der Waals surface area contributed by atoms with E-state index in [2.05, 4.69) is 0 Å². The van der Waals surface area contributed by atoms with E-state index < -0.39 is 5.60 Å². The molecule has 2 saturated heterocycles. The van der Waals surface area contributed by atoms with Gasteiger partial charge in [0.15, 0.2) is 0 Å². The lowest BCUT2D eigenvalue weighted by molar-refractivity contribution is -0.165. The monoisotopic (exact) mass is 212 g/mol. The summed E-state index contributed by atoms with van der Waals surface area (Å²) in [6.45, 7) is 2.61. The Kier molecular flexibility index (Phi) is 3.08. The van der Waals surface area contributed by atoms with E-state index in [0.717, 1.165) is 6.42 Å². The van der Waals surface area contributed by atoms with Gasteiger partial charge in [-0.1, -0.05) is 0 Å². The summed E-state index contributed by atoms with van der Waals surface area (Å²) in [6.07, 6.45) is 0.509. The lowest BCUT2D eigenvalue weighted by Gasteiger charge is -2.35. The first-order valence-corrected chi connectivity index (χ1v) is 5.26. The van der Waals surface area contributed by atoms with E-state index in [1.807, 2.05) is 6.92 Å². The van der Waals surface area contributed by atoms with E-state index in [1.165, 1.54) is 0 Å². The van der Waals surface area contributed by atoms with Crippen molar-refractivity contribution in [2.75, 3.05) is 20.8 Å². The molecule has 5 heteroatoms. The molecule has 2 fully saturated rings. The molecule has 0 saturated carbocycles. The summed E-state index contributed by atoms with van der Waals surface area (Å²) in [7, 11) is 9.18. The van der Waals surface area contributed by atoms with Crippen LogP contribution in [0.15, 0.2) is 0 Å². The summed E-state index contributed by atoms with van der Waals surface area (Å²) in [5.74, 6) is 0. The van der Waals surface area contributed by atoms with E-state index >= 15 is 0 Å². The van der Waals surface area contributed by atoms with Gasteiger partial charge in [0.25, 0.3) is 0 Å². The molecule has 2 radical (unpaired) electrons. The van der Waals surface area contributed by atoms with Crippen molar-refractivity contribution in [2.45, 2.75) is 43.3 Å². The molecule has 2 aliphatic rings. The second-order valence-electron chi connectivity index (χ2n) is 4.18. The van der Waals surface area contributed by atoms with Gasteiger partial charge in [-0.25, -0.2) is 0 Å². The maximum absolute atomic E-state index is 5.84. The first kappa shape index (κ1) is 11.4. The zero-order valence-electron chi connectivity index (χ0n) is 9.43. The Bertz CT molecular complexity index is 237. The Morgan fingerprint density at radius 2 is 2.13 bits per heavy atom. The van der Waals surface area contributed by atoms with Crippen LogP contribution in [0.4, 0.5) is 0 Å². The smallest absolute Gasteiger partial charge is 0.124 e. The topological polar surface area (TPSA) is 36.9 Å². The predicted octanol–water partition coefficient (Wildman–Crippen LogP) is 0.0888. The van der Waals surface area contributed by atoms with Crippen LogP contribution in [0.1, 0.15) is 13.3 Å². The molecule has 2 aliphatic heterocycles. The van der Waals surface area contributed by atoms with Crippen molar-refractivity contribution in [1.82, 2.24) is 0 Å². The maximum atomic E-state index is 5.84. The highest BCUT2D eigenvalue weighted by molar-refractivity contribution is 6.11. The van der Waals surface area contributed by atoms with Gasteiger partial charge in [0.1, 0.15) is 25.7 Å². The van der Waals surface area contributed by atoms with E-state index in [0.29, 0.717) is 6.61 Å². The zero-order valence-corrected chi connectivity index (χ0v) is 9.43. The van der Waals surface area contributed by atoms with Crippen molar-refractivity contribution in [3.05, 3.63) is 0 Å². The van der Waals surface area contributed by atoms with Crippen LogP contribution in [-0.4, -0.2) is 58.6 Å². The van der Waals surface area contributed by atoms with Crippen molar-refractivity contribution >= 4 is 7.85 Å². The maximum Gasteiger partial charge on any atom is 0.124 e. The van der Waals surface area contributed by atoms with Gasteiger partial charge in [0.2, 0.25) is 0 Å². The molecule has 84 valence electrons. The van der Waals surface area contributed by atoms with Gasteiger partial charge < -0.3 is 18.9 Å². The molecule has 0 aromatic carbocycles. The standard InChI is InChI=1S/C10H17BO4/c1-6-10(4-5-12-2)8(13-3)7(14-6)9(11)15-10/h6-9H,4-5H2,1-3H3/t6?,7-,8?,9-,10+/m1/s1. The fourth-order valence-corrected chi connectivity index (χ4v) is 2.66. The average Bonchev–Trinajstić information content (AvgIpc) is 2.63. The molecule has 0 aromatic rings. The first-order chi connectivity index (χ1) is 7.15. The van der Waals surface area contributed by atoms with E-state index in [9.17, 15) is 0 Å². The second kappa shape index (κ2) is 4.05. The highest BCUT2D eigenvalue weighted by Crippen LogP contribution is 2.46. The minimum Gasteiger partial charge on any atom is -0.385 e. The molecular formula is C10H17BO4. The first-order valence-electron chi connectivity index (χ1n) is 5.26. The third-order valence-electron chi connectivity index (χ3n) is 3.46. The summed E-state index contributed by atoms with van der Waals surface area (Å²) in [5, 5.41) is 0. The van der Waals surface area contributed by atoms with Crippen molar-refractivity contribution in [2.24, 2.45) is 0 Å². The van der Waals surface area contributed by atoms with E-state index in [4.69, 9.17) is 26.8 Å². The van der Waals surface area contributed by atoms with Crippen LogP contribution in [-0.2, 0) is 18.9 Å². The number of hydrogen-bond acceptors (Lipinski definition) is 4. The molecule has 2 unspecified atom stereocenters. The average molecular weight is 212 g/mol. The third kappa shape index (κ3) is 1.53. The molecule has 2 rings (SSSR count). The van der Waals surface area contributed by atoms with Crippen LogP contribution in [0.3, 0.4) is 0 Å². The van der Waals surface area contributed by atoms with Gasteiger partial charge in [-0.3, -0.25) is 0 Å². The molecule has 0 aliphatic carbocycles. The molecule has 0 amide bonds. The fraction of sp³-hybridized carbons (Fsp3) is 1.00. The minimum absolute atomic E-state index is 0.00222. The van der Waals surface area contributed by atoms with Crippen LogP contribution < -0.4 is 0 Å². The summed E-state index contributed by atoms with van der Waals surface area (Å²) in [4.78, 5) is 0. The quantitative estimate of drug-likeness (QED) is 0.619. The summed E-state index contributed by atoms with van der Waals surface area (Å²) >= 11 is 0. The Morgan fingerprint density at radius 1 is 1.40 bits per heavy atom. The van der Waals surface area contributed by atoms with Crippen molar-refractivity contribution in [3.8, 4) is 0 Å². The number of rotatable bonds is 4. The number of ether oxygens (including phenoxy) is 4. The van der Waals surface area contributed by atoms with Crippen LogP contribution in [0.25, 0.3) is 0 Å². The SMILES string of the molecule is [B][C@@H]1O[C@@]2(CCOC)C(C)O[C@@H]1C2OC. The zero-order chi connectivity index (χ0) is 11.1. The van der Waals surface area contributed by atoms with Crippen molar-refractivity contribution in [3.63, 3.8) is 0 Å². The van der Waals surface area contributed by atoms with Crippen molar-refractivity contribution < 1.29 is 18.9 Å². The lowest BCUT2D eigenvalue weighted by atomic mass is 9.88. The molecule has 2 bridgehead atoms. The van der Waals surface area contributed by atoms with Gasteiger partial charge in [-0.05, 0) is 6.92 Å². The fourth-order valence-electron chi connectivity index (χ4n) is 2.66. The van der Waals surface area contributed by atoms with Gasteiger partial charge in [-0.15, -0.1) is 0 Å². The van der Waals surface area contributed by atoms with E-state index in [1.54, 1.807) is 14.2 Å². The van der Waals surface area contributed by atoms with Gasteiger partial charge in [0, 0.05) is 33.3 Å². The Balaban J connectivity index is 2.17. The second-order valence-corrected chi connectivity index (χ2v) is 4.18. The molecule has 4 nitrogen and oxygen atoms in total. The lowest BCUT2D eigenvalue weighted by Crippen LogP contribution is -2.48. The summed E-state index contributed by atoms with van der Waals surface area (Å²) in [5.41, 5.74) is -0.436.